The maximum Gasteiger partial charge on any atom is 0.167 e. The van der Waals surface area contributed by atoms with Gasteiger partial charge < -0.3 is 25.7 Å². The third kappa shape index (κ3) is 5.73. The van der Waals surface area contributed by atoms with Gasteiger partial charge >= 0.3 is 0 Å². The van der Waals surface area contributed by atoms with Gasteiger partial charge in [-0.25, -0.2) is 0 Å². The van der Waals surface area contributed by atoms with Crippen molar-refractivity contribution in [3.63, 3.8) is 0 Å². The molecular weight excluding hydrogens is 388 g/mol. The lowest BCUT2D eigenvalue weighted by molar-refractivity contribution is -0.277. The SMILES string of the molecule is NCCc1cccc(C2CCCOC2OC2OCCCC2c2cccc(CCN)c2)c1. The molecule has 2 fully saturated rings. The Kier molecular flexibility index (Phi) is 8.11. The first-order valence-electron chi connectivity index (χ1n) is 11.7. The fourth-order valence-electron chi connectivity index (χ4n) is 4.85. The Hall–Kier alpha value is -1.76. The molecule has 0 aliphatic carbocycles. The maximum atomic E-state index is 6.57. The highest BCUT2D eigenvalue weighted by atomic mass is 16.8. The van der Waals surface area contributed by atoms with E-state index >= 15 is 0 Å². The molecule has 0 bridgehead atoms. The minimum atomic E-state index is -0.292. The van der Waals surface area contributed by atoms with E-state index in [0.717, 1.165) is 51.7 Å². The van der Waals surface area contributed by atoms with Crippen LogP contribution in [-0.4, -0.2) is 38.9 Å². The van der Waals surface area contributed by atoms with Gasteiger partial charge in [-0.1, -0.05) is 48.5 Å². The summed E-state index contributed by atoms with van der Waals surface area (Å²) in [4.78, 5) is 0. The molecule has 4 rings (SSSR count). The van der Waals surface area contributed by atoms with E-state index in [0.29, 0.717) is 13.1 Å². The summed E-state index contributed by atoms with van der Waals surface area (Å²) in [6.45, 7) is 2.77. The lowest BCUT2D eigenvalue weighted by atomic mass is 9.89. The maximum absolute atomic E-state index is 6.57. The zero-order valence-corrected chi connectivity index (χ0v) is 18.4. The first kappa shape index (κ1) is 22.4. The van der Waals surface area contributed by atoms with E-state index in [1.807, 2.05) is 0 Å². The zero-order chi connectivity index (χ0) is 21.5. The van der Waals surface area contributed by atoms with Crippen LogP contribution >= 0.6 is 0 Å². The van der Waals surface area contributed by atoms with Crippen LogP contribution in [0.3, 0.4) is 0 Å². The number of hydrogen-bond acceptors (Lipinski definition) is 5. The minimum Gasteiger partial charge on any atom is -0.352 e. The van der Waals surface area contributed by atoms with Crippen LogP contribution in [0.15, 0.2) is 48.5 Å². The van der Waals surface area contributed by atoms with Crippen molar-refractivity contribution >= 4 is 0 Å². The van der Waals surface area contributed by atoms with Gasteiger partial charge in [0.05, 0.1) is 0 Å². The Bertz CT molecular complexity index is 760. The number of rotatable bonds is 8. The Morgan fingerprint density at radius 2 is 1.23 bits per heavy atom. The third-order valence-corrected chi connectivity index (χ3v) is 6.43. The zero-order valence-electron chi connectivity index (χ0n) is 18.4. The van der Waals surface area contributed by atoms with Gasteiger partial charge in [0.25, 0.3) is 0 Å². The van der Waals surface area contributed by atoms with Crippen molar-refractivity contribution in [2.24, 2.45) is 11.5 Å². The van der Waals surface area contributed by atoms with Crippen molar-refractivity contribution in [3.8, 4) is 0 Å². The standard InChI is InChI=1S/C26H36N2O3/c27-13-11-19-5-1-7-21(17-19)23-9-3-15-29-25(23)31-26-24(10-4-16-30-26)22-8-2-6-20(18-22)12-14-28/h1-2,5-8,17-18,23-26H,3-4,9-16,27-28H2. The van der Waals surface area contributed by atoms with E-state index in [9.17, 15) is 0 Å². The minimum absolute atomic E-state index is 0.209. The van der Waals surface area contributed by atoms with Gasteiger partial charge in [-0.05, 0) is 73.9 Å². The van der Waals surface area contributed by atoms with Crippen LogP contribution in [0.1, 0.15) is 59.8 Å². The molecule has 2 aliphatic rings. The molecule has 2 aromatic rings. The predicted octanol–water partition coefficient (Wildman–Crippen LogP) is 3.85. The van der Waals surface area contributed by atoms with Gasteiger partial charge in [0.2, 0.25) is 0 Å². The molecule has 4 N–H and O–H groups in total. The van der Waals surface area contributed by atoms with E-state index in [1.165, 1.54) is 22.3 Å². The van der Waals surface area contributed by atoms with Crippen molar-refractivity contribution in [1.82, 2.24) is 0 Å². The lowest BCUT2D eigenvalue weighted by Crippen LogP contribution is -2.39. The molecule has 5 nitrogen and oxygen atoms in total. The van der Waals surface area contributed by atoms with Crippen LogP contribution in [0.4, 0.5) is 0 Å². The van der Waals surface area contributed by atoms with Gasteiger partial charge in [-0.3, -0.25) is 0 Å². The van der Waals surface area contributed by atoms with Crippen LogP contribution in [0, 0.1) is 0 Å². The van der Waals surface area contributed by atoms with Crippen molar-refractivity contribution in [2.45, 2.75) is 62.9 Å². The number of hydrogen-bond donors (Lipinski definition) is 2. The summed E-state index contributed by atoms with van der Waals surface area (Å²) in [5.41, 5.74) is 16.6. The summed E-state index contributed by atoms with van der Waals surface area (Å²) in [6, 6.07) is 17.4. The molecule has 5 heteroatoms. The number of benzene rings is 2. The monoisotopic (exact) mass is 424 g/mol. The first-order valence-corrected chi connectivity index (χ1v) is 11.7. The van der Waals surface area contributed by atoms with Gasteiger partial charge in [-0.15, -0.1) is 0 Å². The average Bonchev–Trinajstić information content (AvgIpc) is 2.81. The number of ether oxygens (including phenoxy) is 3. The topological polar surface area (TPSA) is 79.7 Å². The molecule has 0 aromatic heterocycles. The molecule has 2 aliphatic heterocycles. The smallest absolute Gasteiger partial charge is 0.167 e. The highest BCUT2D eigenvalue weighted by Gasteiger charge is 2.36. The summed E-state index contributed by atoms with van der Waals surface area (Å²) < 4.78 is 18.9. The van der Waals surface area contributed by atoms with Crippen LogP contribution in [0.2, 0.25) is 0 Å². The van der Waals surface area contributed by atoms with Crippen molar-refractivity contribution in [2.75, 3.05) is 26.3 Å². The molecular formula is C26H36N2O3. The molecule has 2 saturated heterocycles. The molecule has 31 heavy (non-hydrogen) atoms. The second kappa shape index (κ2) is 11.2. The van der Waals surface area contributed by atoms with E-state index in [-0.39, 0.29) is 24.4 Å². The van der Waals surface area contributed by atoms with Gasteiger partial charge in [0.15, 0.2) is 12.6 Å². The molecule has 0 amide bonds. The molecule has 0 radical (unpaired) electrons. The van der Waals surface area contributed by atoms with E-state index < -0.39 is 0 Å². The second-order valence-electron chi connectivity index (χ2n) is 8.68. The second-order valence-corrected chi connectivity index (χ2v) is 8.68. The van der Waals surface area contributed by atoms with Crippen molar-refractivity contribution in [1.29, 1.82) is 0 Å². The summed E-state index contributed by atoms with van der Waals surface area (Å²) in [5.74, 6) is 0.419. The van der Waals surface area contributed by atoms with Gasteiger partial charge in [0.1, 0.15) is 0 Å². The van der Waals surface area contributed by atoms with Crippen molar-refractivity contribution in [3.05, 3.63) is 70.8 Å². The molecule has 4 atom stereocenters. The van der Waals surface area contributed by atoms with Crippen LogP contribution in [-0.2, 0) is 27.1 Å². The first-order chi connectivity index (χ1) is 15.3. The highest BCUT2D eigenvalue weighted by molar-refractivity contribution is 5.29. The quantitative estimate of drug-likeness (QED) is 0.673. The molecule has 2 aromatic carbocycles. The summed E-state index contributed by atoms with van der Waals surface area (Å²) >= 11 is 0. The molecule has 0 spiro atoms. The fraction of sp³-hybridized carbons (Fsp3) is 0.538. The Balaban J connectivity index is 1.52. The van der Waals surface area contributed by atoms with Gasteiger partial charge in [0, 0.05) is 25.0 Å². The molecule has 4 unspecified atom stereocenters. The largest absolute Gasteiger partial charge is 0.352 e. The van der Waals surface area contributed by atoms with Crippen molar-refractivity contribution < 1.29 is 14.2 Å². The summed E-state index contributed by atoms with van der Waals surface area (Å²) in [5, 5.41) is 0. The lowest BCUT2D eigenvalue weighted by Gasteiger charge is -2.38. The molecule has 2 heterocycles. The average molecular weight is 425 g/mol. The van der Waals surface area contributed by atoms with Crippen LogP contribution in [0.5, 0.6) is 0 Å². The van der Waals surface area contributed by atoms with Crippen LogP contribution < -0.4 is 11.5 Å². The van der Waals surface area contributed by atoms with Crippen LogP contribution in [0.25, 0.3) is 0 Å². The van der Waals surface area contributed by atoms with E-state index in [1.54, 1.807) is 0 Å². The molecule has 0 saturated carbocycles. The predicted molar refractivity (Wildman–Crippen MR) is 123 cm³/mol. The fourth-order valence-corrected chi connectivity index (χ4v) is 4.85. The normalized spacial score (nSPS) is 26.6. The van der Waals surface area contributed by atoms with E-state index in [4.69, 9.17) is 25.7 Å². The Morgan fingerprint density at radius 3 is 1.68 bits per heavy atom. The third-order valence-electron chi connectivity index (χ3n) is 6.43. The summed E-state index contributed by atoms with van der Waals surface area (Å²) in [6.07, 6.45) is 5.39. The molecule has 168 valence electrons. The van der Waals surface area contributed by atoms with Gasteiger partial charge in [-0.2, -0.15) is 0 Å². The number of nitrogens with two attached hydrogens (primary N) is 2. The Labute approximate surface area is 186 Å². The Morgan fingerprint density at radius 1 is 0.742 bits per heavy atom. The summed E-state index contributed by atoms with van der Waals surface area (Å²) in [7, 11) is 0. The highest BCUT2D eigenvalue weighted by Crippen LogP contribution is 2.38. The van der Waals surface area contributed by atoms with E-state index in [2.05, 4.69) is 48.5 Å².